The molecule has 3 saturated carbocycles. The highest BCUT2D eigenvalue weighted by atomic mass is 35.5. The van der Waals surface area contributed by atoms with Crippen LogP contribution in [-0.2, 0) is 62.3 Å². The number of alkyl halides is 4. The maximum atomic E-state index is 15.8. The number of nitrogens with one attached hydrogen (secondary N) is 3. The number of hydrogen-bond donors (Lipinski definition) is 3. The SMILES string of the molecule is CCO[C@@H]1C[C@H]2C(=O)NC3(CC(C)(C)C3)C(=O)N(C)[C@@H](C(CC)CC)C(=O)N(C)[C@H](C(=O)N3CCCC3)CC(=O)N(C)[C@@H](C)C(=O)N[C@@H]([C@@H](C)CC)C(=O)N(C)CC(=O)N(C)[C@H]3C/C=C\CCN(C3=O)[C@@H](CC3CCC(C)CC3)C(=O)N(C)CC(=O)N[C@@H](CCC3CCC(C(F)(F)F)C(Cl)C3)C(=O)N2C1. The molecule has 4 heterocycles. The van der Waals surface area contributed by atoms with Crippen LogP contribution in [-0.4, -0.2) is 275 Å². The number of likely N-dealkylation sites (tertiary alicyclic amines) is 1. The van der Waals surface area contributed by atoms with Gasteiger partial charge in [0, 0.05) is 86.9 Å². The summed E-state index contributed by atoms with van der Waals surface area (Å²) < 4.78 is 48.6. The Bertz CT molecular complexity index is 3130. The molecule has 12 amide bonds. The summed E-state index contributed by atoms with van der Waals surface area (Å²) in [5, 5.41) is 7.54. The summed E-state index contributed by atoms with van der Waals surface area (Å²) in [6.45, 7) is 16.2. The maximum Gasteiger partial charge on any atom is 0.393 e. The van der Waals surface area contributed by atoms with Crippen molar-refractivity contribution in [1.82, 2.24) is 60.0 Å². The van der Waals surface area contributed by atoms with Gasteiger partial charge in [-0.2, -0.15) is 13.2 Å². The normalized spacial score (nSPS) is 32.0. The van der Waals surface area contributed by atoms with Crippen LogP contribution in [0.25, 0.3) is 0 Å². The first-order valence-corrected chi connectivity index (χ1v) is 39.1. The van der Waals surface area contributed by atoms with Gasteiger partial charge in [-0.3, -0.25) is 57.5 Å². The molecule has 3 aliphatic carbocycles. The fourth-order valence-corrected chi connectivity index (χ4v) is 17.9. The minimum Gasteiger partial charge on any atom is -0.377 e. The molecule has 3 saturated heterocycles. The van der Waals surface area contributed by atoms with E-state index in [1.54, 1.807) is 24.8 Å². The fraction of sp³-hybridized carbons (Fsp3) is 0.816. The predicted octanol–water partition coefficient (Wildman–Crippen LogP) is 6.52. The molecule has 7 rings (SSSR count). The highest BCUT2D eigenvalue weighted by molar-refractivity contribution is 6.21. The lowest BCUT2D eigenvalue weighted by atomic mass is 9.58. The molecule has 1 spiro atoms. The van der Waals surface area contributed by atoms with E-state index in [0.29, 0.717) is 57.5 Å². The van der Waals surface area contributed by atoms with Gasteiger partial charge in [-0.15, -0.1) is 11.6 Å². The van der Waals surface area contributed by atoms with Crippen molar-refractivity contribution in [2.75, 3.05) is 88.2 Å². The van der Waals surface area contributed by atoms with Gasteiger partial charge in [-0.1, -0.05) is 106 Å². The minimum absolute atomic E-state index is 0.00541. The van der Waals surface area contributed by atoms with Crippen molar-refractivity contribution in [3.05, 3.63) is 12.2 Å². The number of carbonyl (C=O) groups excluding carboxylic acids is 12. The number of fused-ring (bicyclic) bond motifs is 3. The van der Waals surface area contributed by atoms with Gasteiger partial charge in [0.05, 0.1) is 31.5 Å². The summed E-state index contributed by atoms with van der Waals surface area (Å²) in [6.07, 6.45) is 4.30. The second-order valence-corrected chi connectivity index (χ2v) is 33.0. The van der Waals surface area contributed by atoms with Crippen molar-refractivity contribution < 1.29 is 75.4 Å². The Hall–Kier alpha value is -6.58. The monoisotopic (exact) mass is 1500 g/mol. The molecule has 29 heteroatoms. The number of halogens is 4. The number of hydrogen-bond acceptors (Lipinski definition) is 13. The van der Waals surface area contributed by atoms with Crippen LogP contribution in [0.15, 0.2) is 12.2 Å². The Kier molecular flexibility index (Phi) is 30.2. The van der Waals surface area contributed by atoms with Gasteiger partial charge in [0.25, 0.3) is 0 Å². The zero-order chi connectivity index (χ0) is 77.9. The average molecular weight is 1500 g/mol. The van der Waals surface area contributed by atoms with Crippen LogP contribution in [0.1, 0.15) is 197 Å². The van der Waals surface area contributed by atoms with E-state index in [4.69, 9.17) is 16.3 Å². The maximum absolute atomic E-state index is 15.8. The summed E-state index contributed by atoms with van der Waals surface area (Å²) in [4.78, 5) is 193. The zero-order valence-corrected chi connectivity index (χ0v) is 65.8. The minimum atomic E-state index is -4.53. The van der Waals surface area contributed by atoms with Crippen molar-refractivity contribution in [3.63, 3.8) is 0 Å². The highest BCUT2D eigenvalue weighted by Gasteiger charge is 2.59. The summed E-state index contributed by atoms with van der Waals surface area (Å²) in [5.74, 6) is -10.6. The molecule has 0 radical (unpaired) electrons. The van der Waals surface area contributed by atoms with Crippen LogP contribution >= 0.6 is 11.6 Å². The Labute approximate surface area is 625 Å². The highest BCUT2D eigenvalue weighted by Crippen LogP contribution is 2.50. The van der Waals surface area contributed by atoms with Crippen molar-refractivity contribution >= 4 is 82.5 Å². The van der Waals surface area contributed by atoms with Crippen molar-refractivity contribution in [2.45, 2.75) is 269 Å². The fourth-order valence-electron chi connectivity index (χ4n) is 17.4. The second-order valence-electron chi connectivity index (χ2n) is 32.5. The molecule has 3 N–H and O–H groups in total. The first-order chi connectivity index (χ1) is 49.3. The third-order valence-electron chi connectivity index (χ3n) is 24.2. The van der Waals surface area contributed by atoms with Gasteiger partial charge in [0.15, 0.2) is 0 Å². The molecular weight excluding hydrogens is 1380 g/mol. The van der Waals surface area contributed by atoms with Crippen LogP contribution in [0.4, 0.5) is 13.2 Å². The smallest absolute Gasteiger partial charge is 0.377 e. The first kappa shape index (κ1) is 85.7. The molecule has 25 nitrogen and oxygen atoms in total. The van der Waals surface area contributed by atoms with Gasteiger partial charge in [0.1, 0.15) is 53.9 Å². The summed E-state index contributed by atoms with van der Waals surface area (Å²) in [6, 6.07) is -10.2. The molecule has 0 aromatic rings. The third-order valence-corrected chi connectivity index (χ3v) is 24.7. The first-order valence-electron chi connectivity index (χ1n) is 38.7. The zero-order valence-electron chi connectivity index (χ0n) is 65.0. The molecule has 2 bridgehead atoms. The summed E-state index contributed by atoms with van der Waals surface area (Å²) in [5.41, 5.74) is -2.19. The van der Waals surface area contributed by atoms with Crippen molar-refractivity contribution in [1.29, 1.82) is 0 Å². The van der Waals surface area contributed by atoms with Crippen LogP contribution in [0.5, 0.6) is 0 Å². The van der Waals surface area contributed by atoms with E-state index in [-0.39, 0.29) is 89.8 Å². The molecule has 13 atom stereocenters. The number of rotatable bonds is 13. The molecule has 105 heavy (non-hydrogen) atoms. The lowest BCUT2D eigenvalue weighted by Crippen LogP contribution is -2.71. The molecule has 4 aliphatic heterocycles. The average Bonchev–Trinajstić information content (AvgIpc) is 1.28. The lowest BCUT2D eigenvalue weighted by Gasteiger charge is -2.54. The van der Waals surface area contributed by atoms with Crippen LogP contribution < -0.4 is 16.0 Å². The van der Waals surface area contributed by atoms with Crippen LogP contribution in [0, 0.1) is 40.9 Å². The summed E-state index contributed by atoms with van der Waals surface area (Å²) in [7, 11) is 8.55. The third kappa shape index (κ3) is 20.8. The Morgan fingerprint density at radius 2 is 1.30 bits per heavy atom. The molecule has 0 aromatic carbocycles. The lowest BCUT2D eigenvalue weighted by molar-refractivity contribution is -0.182. The van der Waals surface area contributed by atoms with Gasteiger partial charge >= 0.3 is 6.18 Å². The molecular formula is C76H122ClF3N12O13. The van der Waals surface area contributed by atoms with Crippen molar-refractivity contribution in [3.8, 4) is 0 Å². The Morgan fingerprint density at radius 3 is 1.89 bits per heavy atom. The van der Waals surface area contributed by atoms with Gasteiger partial charge in [0.2, 0.25) is 70.9 Å². The molecule has 0 aromatic heterocycles. The van der Waals surface area contributed by atoms with Crippen LogP contribution in [0.2, 0.25) is 0 Å². The number of likely N-dealkylation sites (N-methyl/N-ethyl adjacent to an activating group) is 6. The number of carbonyl (C=O) groups is 12. The van der Waals surface area contributed by atoms with E-state index >= 15 is 28.8 Å². The van der Waals surface area contributed by atoms with E-state index in [0.717, 1.165) is 30.6 Å². The van der Waals surface area contributed by atoms with Gasteiger partial charge < -0.3 is 64.8 Å². The largest absolute Gasteiger partial charge is 0.393 e. The summed E-state index contributed by atoms with van der Waals surface area (Å²) >= 11 is 6.47. The Morgan fingerprint density at radius 1 is 0.667 bits per heavy atom. The predicted molar refractivity (Wildman–Crippen MR) is 390 cm³/mol. The number of nitrogens with zero attached hydrogens (tertiary/aromatic N) is 9. The number of amides is 12. The van der Waals surface area contributed by atoms with E-state index in [1.165, 1.54) is 83.5 Å². The van der Waals surface area contributed by atoms with Gasteiger partial charge in [-0.25, -0.2) is 0 Å². The topological polar surface area (TPSA) is 279 Å². The van der Waals surface area contributed by atoms with E-state index in [9.17, 15) is 41.9 Å². The molecule has 592 valence electrons. The van der Waals surface area contributed by atoms with E-state index < -0.39 is 191 Å². The molecule has 6 fully saturated rings. The standard InChI is InChI=1S/C76H122ClF3N12O13/c1-16-47(6)63-71(102)85(11)43-62(95)87(13)56-25-21-20-22-36-91(70(56)101)59(38-50-28-26-46(5)27-29-50)68(99)84(10)42-60(93)81-55(33-31-49-30-32-53(54(77)37-49)76(78,79)80)67(98)92-41-52(105-19-4)39-57(92)66(97)83-75(44-74(8,9)45-75)73(104)89(15)64(51(17-2)18-3)72(103)88(14)58(69(100)90-34-23-24-35-90)40-61(94)86(12)48(7)65(96)82-63/h20-21,46-59,63-64H,16-19,22-45H2,1-15H3,(H,81,93)(H,82,96)(H,83,97)/b21-20-/t46?,47-,48-,49?,50?,52+,53?,54?,55-,56-,57-,58-,59-,63-,64-/m0/s1. The van der Waals surface area contributed by atoms with E-state index in [1.807, 2.05) is 40.7 Å². The van der Waals surface area contributed by atoms with E-state index in [2.05, 4.69) is 22.9 Å². The number of ether oxygens (including phenoxy) is 1. The van der Waals surface area contributed by atoms with Crippen LogP contribution in [0.3, 0.4) is 0 Å². The second kappa shape index (κ2) is 37.0. The van der Waals surface area contributed by atoms with Crippen molar-refractivity contribution in [2.24, 2.45) is 40.9 Å². The molecule has 7 aliphatic rings. The van der Waals surface area contributed by atoms with Gasteiger partial charge in [-0.05, 0) is 126 Å². The Balaban J connectivity index is 1.32. The quantitative estimate of drug-likeness (QED) is 0.131. The molecule has 3 unspecified atom stereocenters.